The number of nitrogens with one attached hydrogen (secondary N) is 1. The first-order valence-electron chi connectivity index (χ1n) is 9.70. The number of aromatic amines is 1. The van der Waals surface area contributed by atoms with Gasteiger partial charge in [0.25, 0.3) is 11.8 Å². The number of H-pyrrole nitrogens is 1. The van der Waals surface area contributed by atoms with Crippen molar-refractivity contribution in [2.75, 3.05) is 39.9 Å². The molecule has 150 valence electrons. The van der Waals surface area contributed by atoms with Gasteiger partial charge in [-0.15, -0.1) is 0 Å². The molecule has 1 saturated heterocycles. The first-order valence-corrected chi connectivity index (χ1v) is 9.70. The quantitative estimate of drug-likeness (QED) is 0.828. The number of amides is 2. The molecule has 0 saturated carbocycles. The molecule has 2 heterocycles. The highest BCUT2D eigenvalue weighted by Crippen LogP contribution is 2.14. The fourth-order valence-corrected chi connectivity index (χ4v) is 3.46. The number of aromatic nitrogens is 2. The molecule has 1 fully saturated rings. The molecular formula is C21H28N4O3. The summed E-state index contributed by atoms with van der Waals surface area (Å²) in [7, 11) is 1.81. The SMILES string of the molecule is Cc1n[nH]c(C)c1CCCN(C)C(=O)c1ccc(C(=O)N2CCOCC2)cc1. The fraction of sp³-hybridized carbons (Fsp3) is 0.476. The minimum atomic E-state index is -0.0361. The second-order valence-electron chi connectivity index (χ2n) is 7.22. The summed E-state index contributed by atoms with van der Waals surface area (Å²) in [4.78, 5) is 28.6. The molecule has 0 radical (unpaired) electrons. The zero-order valence-corrected chi connectivity index (χ0v) is 16.8. The fourth-order valence-electron chi connectivity index (χ4n) is 3.46. The van der Waals surface area contributed by atoms with Crippen molar-refractivity contribution in [1.82, 2.24) is 20.0 Å². The standard InChI is InChI=1S/C21H28N4O3/c1-15-19(16(2)23-22-15)5-4-10-24(3)20(26)17-6-8-18(9-7-17)21(27)25-11-13-28-14-12-25/h6-9H,4-5,10-14H2,1-3H3,(H,22,23). The monoisotopic (exact) mass is 384 g/mol. The Bertz CT molecular complexity index is 803. The number of rotatable bonds is 6. The lowest BCUT2D eigenvalue weighted by molar-refractivity contribution is 0.0303. The predicted molar refractivity (Wildman–Crippen MR) is 107 cm³/mol. The first kappa shape index (κ1) is 20.1. The highest BCUT2D eigenvalue weighted by molar-refractivity contribution is 5.97. The van der Waals surface area contributed by atoms with E-state index in [0.29, 0.717) is 44.0 Å². The summed E-state index contributed by atoms with van der Waals surface area (Å²) in [5.41, 5.74) is 4.54. The van der Waals surface area contributed by atoms with Crippen molar-refractivity contribution in [3.05, 3.63) is 52.3 Å². The maximum absolute atomic E-state index is 12.6. The van der Waals surface area contributed by atoms with Crippen molar-refractivity contribution in [3.8, 4) is 0 Å². The zero-order chi connectivity index (χ0) is 20.1. The van der Waals surface area contributed by atoms with Crippen molar-refractivity contribution in [2.45, 2.75) is 26.7 Å². The number of nitrogens with zero attached hydrogens (tertiary/aromatic N) is 3. The Morgan fingerprint density at radius 3 is 2.39 bits per heavy atom. The number of benzene rings is 1. The summed E-state index contributed by atoms with van der Waals surface area (Å²) in [6.45, 7) is 7.04. The molecule has 1 aromatic heterocycles. The number of carbonyl (C=O) groups excluding carboxylic acids is 2. The number of hydrogen-bond donors (Lipinski definition) is 1. The van der Waals surface area contributed by atoms with Gasteiger partial charge in [-0.2, -0.15) is 5.10 Å². The Labute approximate surface area is 165 Å². The van der Waals surface area contributed by atoms with E-state index >= 15 is 0 Å². The largest absolute Gasteiger partial charge is 0.378 e. The van der Waals surface area contributed by atoms with E-state index in [9.17, 15) is 9.59 Å². The van der Waals surface area contributed by atoms with Crippen LogP contribution in [0.4, 0.5) is 0 Å². The molecule has 1 N–H and O–H groups in total. The minimum Gasteiger partial charge on any atom is -0.378 e. The van der Waals surface area contributed by atoms with Crippen molar-refractivity contribution in [3.63, 3.8) is 0 Å². The van der Waals surface area contributed by atoms with Gasteiger partial charge in [0.05, 0.1) is 18.9 Å². The van der Waals surface area contributed by atoms with Gasteiger partial charge in [0.15, 0.2) is 0 Å². The van der Waals surface area contributed by atoms with Gasteiger partial charge < -0.3 is 14.5 Å². The van der Waals surface area contributed by atoms with Crippen LogP contribution in [0.2, 0.25) is 0 Å². The summed E-state index contributed by atoms with van der Waals surface area (Å²) in [5.74, 6) is -0.0486. The van der Waals surface area contributed by atoms with E-state index in [4.69, 9.17) is 4.74 Å². The molecule has 1 aromatic carbocycles. The van der Waals surface area contributed by atoms with Crippen LogP contribution in [0.3, 0.4) is 0 Å². The summed E-state index contributed by atoms with van der Waals surface area (Å²) in [6, 6.07) is 6.93. The van der Waals surface area contributed by atoms with Gasteiger partial charge in [0, 0.05) is 43.5 Å². The van der Waals surface area contributed by atoms with Crippen LogP contribution >= 0.6 is 0 Å². The Balaban J connectivity index is 1.54. The first-order chi connectivity index (χ1) is 13.5. The van der Waals surface area contributed by atoms with E-state index in [0.717, 1.165) is 24.2 Å². The molecule has 2 amide bonds. The minimum absolute atomic E-state index is 0.0125. The second-order valence-corrected chi connectivity index (χ2v) is 7.22. The molecular weight excluding hydrogens is 356 g/mol. The summed E-state index contributed by atoms with van der Waals surface area (Å²) in [5, 5.41) is 7.20. The van der Waals surface area contributed by atoms with Crippen LogP contribution in [0.1, 0.15) is 44.1 Å². The average molecular weight is 384 g/mol. The number of morpholine rings is 1. The van der Waals surface area contributed by atoms with Gasteiger partial charge in [-0.05, 0) is 56.5 Å². The van der Waals surface area contributed by atoms with Gasteiger partial charge in [-0.3, -0.25) is 14.7 Å². The molecule has 1 aliphatic heterocycles. The van der Waals surface area contributed by atoms with Gasteiger partial charge in [0.1, 0.15) is 0 Å². The smallest absolute Gasteiger partial charge is 0.254 e. The van der Waals surface area contributed by atoms with Gasteiger partial charge in [-0.1, -0.05) is 0 Å². The molecule has 0 aliphatic carbocycles. The van der Waals surface area contributed by atoms with Crippen molar-refractivity contribution < 1.29 is 14.3 Å². The molecule has 28 heavy (non-hydrogen) atoms. The lowest BCUT2D eigenvalue weighted by Crippen LogP contribution is -2.40. The topological polar surface area (TPSA) is 78.5 Å². The van der Waals surface area contributed by atoms with E-state index in [1.54, 1.807) is 34.1 Å². The van der Waals surface area contributed by atoms with E-state index in [2.05, 4.69) is 10.2 Å². The van der Waals surface area contributed by atoms with E-state index in [-0.39, 0.29) is 11.8 Å². The average Bonchev–Trinajstić information content (AvgIpc) is 3.05. The molecule has 0 atom stereocenters. The molecule has 1 aliphatic rings. The Hall–Kier alpha value is -2.67. The van der Waals surface area contributed by atoms with Crippen molar-refractivity contribution in [2.24, 2.45) is 0 Å². The van der Waals surface area contributed by atoms with Crippen LogP contribution in [-0.2, 0) is 11.2 Å². The zero-order valence-electron chi connectivity index (χ0n) is 16.8. The second kappa shape index (κ2) is 9.01. The van der Waals surface area contributed by atoms with E-state index in [1.807, 2.05) is 20.9 Å². The van der Waals surface area contributed by atoms with Gasteiger partial charge in [-0.25, -0.2) is 0 Å². The molecule has 2 aromatic rings. The molecule has 7 heteroatoms. The van der Waals surface area contributed by atoms with Crippen LogP contribution in [-0.4, -0.2) is 71.7 Å². The number of hydrogen-bond acceptors (Lipinski definition) is 4. The van der Waals surface area contributed by atoms with Gasteiger partial charge in [0.2, 0.25) is 0 Å². The highest BCUT2D eigenvalue weighted by Gasteiger charge is 2.19. The lowest BCUT2D eigenvalue weighted by atomic mass is 10.1. The molecule has 7 nitrogen and oxygen atoms in total. The third-order valence-electron chi connectivity index (χ3n) is 5.22. The Morgan fingerprint density at radius 2 is 1.79 bits per heavy atom. The maximum Gasteiger partial charge on any atom is 0.254 e. The van der Waals surface area contributed by atoms with Crippen molar-refractivity contribution >= 4 is 11.8 Å². The normalized spacial score (nSPS) is 14.2. The van der Waals surface area contributed by atoms with Crippen LogP contribution < -0.4 is 0 Å². The third-order valence-corrected chi connectivity index (χ3v) is 5.22. The Kier molecular flexibility index (Phi) is 6.46. The van der Waals surface area contributed by atoms with Crippen molar-refractivity contribution in [1.29, 1.82) is 0 Å². The van der Waals surface area contributed by atoms with Crippen LogP contribution in [0.15, 0.2) is 24.3 Å². The Morgan fingerprint density at radius 1 is 1.14 bits per heavy atom. The molecule has 0 bridgehead atoms. The summed E-state index contributed by atoms with van der Waals surface area (Å²) >= 11 is 0. The molecule has 0 unspecified atom stereocenters. The molecule has 0 spiro atoms. The number of ether oxygens (including phenoxy) is 1. The van der Waals surface area contributed by atoms with E-state index in [1.165, 1.54) is 5.56 Å². The summed E-state index contributed by atoms with van der Waals surface area (Å²) in [6.07, 6.45) is 1.76. The van der Waals surface area contributed by atoms with Gasteiger partial charge >= 0.3 is 0 Å². The van der Waals surface area contributed by atoms with E-state index < -0.39 is 0 Å². The maximum atomic E-state index is 12.6. The highest BCUT2D eigenvalue weighted by atomic mass is 16.5. The lowest BCUT2D eigenvalue weighted by Gasteiger charge is -2.27. The number of aryl methyl sites for hydroxylation is 2. The molecule has 3 rings (SSSR count). The predicted octanol–water partition coefficient (Wildman–Crippen LogP) is 2.20. The summed E-state index contributed by atoms with van der Waals surface area (Å²) < 4.78 is 5.28. The number of carbonyl (C=O) groups is 2. The van der Waals surface area contributed by atoms with Crippen LogP contribution in [0.25, 0.3) is 0 Å². The van der Waals surface area contributed by atoms with Crippen LogP contribution in [0.5, 0.6) is 0 Å². The van der Waals surface area contributed by atoms with Crippen LogP contribution in [0, 0.1) is 13.8 Å². The third kappa shape index (κ3) is 4.59.